The van der Waals surface area contributed by atoms with E-state index in [0.717, 1.165) is 12.1 Å². The molecule has 0 atom stereocenters. The molecule has 17 heavy (non-hydrogen) atoms. The molecule has 1 aromatic rings. The summed E-state index contributed by atoms with van der Waals surface area (Å²) in [5.74, 6) is 0. The predicted octanol–water partition coefficient (Wildman–Crippen LogP) is 2.46. The fraction of sp³-hybridized carbons (Fsp3) is 0.769. The highest BCUT2D eigenvalue weighted by Crippen LogP contribution is 2.14. The lowest BCUT2D eigenvalue weighted by Crippen LogP contribution is -2.25. The molecule has 0 bridgehead atoms. The molecule has 4 heteroatoms. The Morgan fingerprint density at radius 1 is 1.12 bits per heavy atom. The highest BCUT2D eigenvalue weighted by molar-refractivity contribution is 5.24. The summed E-state index contributed by atoms with van der Waals surface area (Å²) in [7, 11) is 0. The Morgan fingerprint density at radius 2 is 1.71 bits per heavy atom. The van der Waals surface area contributed by atoms with Gasteiger partial charge in [-0.1, -0.05) is 6.92 Å². The molecule has 1 rings (SSSR count). The Hall–Kier alpha value is -0.870. The molecule has 0 amide bonds. The maximum absolute atomic E-state index is 5.54. The first-order chi connectivity index (χ1) is 8.13. The third-order valence-electron chi connectivity index (χ3n) is 2.91. The monoisotopic (exact) mass is 240 g/mol. The lowest BCUT2D eigenvalue weighted by atomic mass is 10.1. The fourth-order valence-electron chi connectivity index (χ4n) is 2.09. The van der Waals surface area contributed by atoms with Crippen molar-refractivity contribution in [3.05, 3.63) is 17.0 Å². The van der Waals surface area contributed by atoms with Crippen molar-refractivity contribution in [1.29, 1.82) is 0 Å². The molecule has 0 saturated heterocycles. The first-order valence-corrected chi connectivity index (χ1v) is 6.40. The summed E-state index contributed by atoms with van der Waals surface area (Å²) in [5, 5.41) is 4.54. The summed E-state index contributed by atoms with van der Waals surface area (Å²) in [4.78, 5) is 0. The smallest absolute Gasteiger partial charge is 0.176 e. The number of hydrogen-bond acceptors (Lipinski definition) is 3. The number of hydrogen-bond donors (Lipinski definition) is 0. The topological polar surface area (TPSA) is 36.3 Å². The van der Waals surface area contributed by atoms with E-state index in [9.17, 15) is 0 Å². The second kappa shape index (κ2) is 6.77. The van der Waals surface area contributed by atoms with Crippen molar-refractivity contribution in [2.75, 3.05) is 13.2 Å². The summed E-state index contributed by atoms with van der Waals surface area (Å²) in [6.45, 7) is 12.2. The van der Waals surface area contributed by atoms with E-state index in [4.69, 9.17) is 9.47 Å². The third kappa shape index (κ3) is 3.54. The van der Waals surface area contributed by atoms with Crippen LogP contribution in [0, 0.1) is 13.8 Å². The van der Waals surface area contributed by atoms with Gasteiger partial charge in [-0.2, -0.15) is 5.10 Å². The summed E-state index contributed by atoms with van der Waals surface area (Å²) in [6.07, 6.45) is 0.818. The van der Waals surface area contributed by atoms with E-state index in [0.29, 0.717) is 19.8 Å². The van der Waals surface area contributed by atoms with Crippen molar-refractivity contribution < 1.29 is 9.47 Å². The van der Waals surface area contributed by atoms with Crippen LogP contribution in [0.25, 0.3) is 0 Å². The van der Waals surface area contributed by atoms with Gasteiger partial charge in [-0.25, -0.2) is 0 Å². The second-order valence-electron chi connectivity index (χ2n) is 4.03. The first kappa shape index (κ1) is 14.2. The number of ether oxygens (including phenoxy) is 2. The molecular weight excluding hydrogens is 216 g/mol. The van der Waals surface area contributed by atoms with E-state index >= 15 is 0 Å². The average Bonchev–Trinajstić information content (AvgIpc) is 2.54. The average molecular weight is 240 g/mol. The molecule has 1 aromatic heterocycles. The van der Waals surface area contributed by atoms with Crippen LogP contribution < -0.4 is 0 Å². The van der Waals surface area contributed by atoms with Crippen LogP contribution in [-0.2, 0) is 22.4 Å². The van der Waals surface area contributed by atoms with E-state index < -0.39 is 0 Å². The van der Waals surface area contributed by atoms with Crippen LogP contribution in [-0.4, -0.2) is 29.3 Å². The molecule has 0 aliphatic heterocycles. The van der Waals surface area contributed by atoms with Gasteiger partial charge in [0, 0.05) is 18.9 Å². The summed E-state index contributed by atoms with van der Waals surface area (Å²) in [5.41, 5.74) is 3.66. The molecule has 1 heterocycles. The third-order valence-corrected chi connectivity index (χ3v) is 2.91. The van der Waals surface area contributed by atoms with Crippen molar-refractivity contribution in [2.24, 2.45) is 0 Å². The number of rotatable bonds is 7. The predicted molar refractivity (Wildman–Crippen MR) is 68.1 cm³/mol. The molecule has 0 saturated carbocycles. The Kier molecular flexibility index (Phi) is 5.65. The van der Waals surface area contributed by atoms with E-state index in [1.165, 1.54) is 11.3 Å². The lowest BCUT2D eigenvalue weighted by molar-refractivity contribution is -0.145. The molecule has 0 aromatic carbocycles. The van der Waals surface area contributed by atoms with Crippen LogP contribution in [0.5, 0.6) is 0 Å². The van der Waals surface area contributed by atoms with Gasteiger partial charge in [-0.15, -0.1) is 0 Å². The van der Waals surface area contributed by atoms with Gasteiger partial charge in [0.1, 0.15) is 0 Å². The minimum absolute atomic E-state index is 0.201. The van der Waals surface area contributed by atoms with Gasteiger partial charge in [0.05, 0.1) is 12.2 Å². The Labute approximate surface area is 104 Å². The highest BCUT2D eigenvalue weighted by atomic mass is 16.7. The largest absolute Gasteiger partial charge is 0.351 e. The van der Waals surface area contributed by atoms with Crippen LogP contribution in [0.1, 0.15) is 37.7 Å². The molecule has 98 valence electrons. The van der Waals surface area contributed by atoms with E-state index in [-0.39, 0.29) is 6.29 Å². The Balaban J connectivity index is 2.78. The van der Waals surface area contributed by atoms with Gasteiger partial charge in [0.25, 0.3) is 0 Å². The zero-order valence-corrected chi connectivity index (χ0v) is 11.6. The summed E-state index contributed by atoms with van der Waals surface area (Å²) in [6, 6.07) is 0. The minimum Gasteiger partial charge on any atom is -0.351 e. The molecule has 0 aliphatic carbocycles. The van der Waals surface area contributed by atoms with Gasteiger partial charge >= 0.3 is 0 Å². The van der Waals surface area contributed by atoms with E-state index in [1.807, 2.05) is 18.5 Å². The minimum atomic E-state index is -0.201. The van der Waals surface area contributed by atoms with Crippen LogP contribution in [0.4, 0.5) is 0 Å². The molecule has 0 unspecified atom stereocenters. The van der Waals surface area contributed by atoms with Crippen molar-refractivity contribution in [3.8, 4) is 0 Å². The van der Waals surface area contributed by atoms with Gasteiger partial charge in [0.2, 0.25) is 0 Å². The molecule has 0 spiro atoms. The normalized spacial score (nSPS) is 11.4. The molecule has 0 N–H and O–H groups in total. The van der Waals surface area contributed by atoms with E-state index in [2.05, 4.69) is 25.9 Å². The standard InChI is InChI=1S/C13H24N2O2/c1-6-12-10(4)14-15(11(12)5)9-13(16-7-2)17-8-3/h13H,6-9H2,1-5H3. The second-order valence-corrected chi connectivity index (χ2v) is 4.03. The zero-order chi connectivity index (χ0) is 12.8. The van der Waals surface area contributed by atoms with E-state index in [1.54, 1.807) is 0 Å². The maximum Gasteiger partial charge on any atom is 0.176 e. The summed E-state index contributed by atoms with van der Waals surface area (Å²) < 4.78 is 13.1. The SMILES string of the molecule is CCOC(Cn1nc(C)c(CC)c1C)OCC. The zero-order valence-electron chi connectivity index (χ0n) is 11.6. The van der Waals surface area contributed by atoms with Crippen molar-refractivity contribution in [2.45, 2.75) is 53.9 Å². The highest BCUT2D eigenvalue weighted by Gasteiger charge is 2.14. The number of aryl methyl sites for hydroxylation is 1. The molecule has 0 fully saturated rings. The maximum atomic E-state index is 5.54. The fourth-order valence-corrected chi connectivity index (χ4v) is 2.09. The quantitative estimate of drug-likeness (QED) is 0.687. The van der Waals surface area contributed by atoms with Gasteiger partial charge in [-0.05, 0) is 39.7 Å². The van der Waals surface area contributed by atoms with Crippen LogP contribution in [0.3, 0.4) is 0 Å². The van der Waals surface area contributed by atoms with Gasteiger partial charge in [-0.3, -0.25) is 4.68 Å². The number of aromatic nitrogens is 2. The van der Waals surface area contributed by atoms with Crippen molar-refractivity contribution in [1.82, 2.24) is 9.78 Å². The molecule has 4 nitrogen and oxygen atoms in total. The lowest BCUT2D eigenvalue weighted by Gasteiger charge is -2.17. The molecular formula is C13H24N2O2. The van der Waals surface area contributed by atoms with Crippen molar-refractivity contribution in [3.63, 3.8) is 0 Å². The Morgan fingerprint density at radius 3 is 2.12 bits per heavy atom. The van der Waals surface area contributed by atoms with Crippen molar-refractivity contribution >= 4 is 0 Å². The molecule has 0 aliphatic rings. The molecule has 0 radical (unpaired) electrons. The number of nitrogens with zero attached hydrogens (tertiary/aromatic N) is 2. The van der Waals surface area contributed by atoms with Crippen LogP contribution in [0.2, 0.25) is 0 Å². The first-order valence-electron chi connectivity index (χ1n) is 6.40. The van der Waals surface area contributed by atoms with Crippen LogP contribution in [0.15, 0.2) is 0 Å². The van der Waals surface area contributed by atoms with Gasteiger partial charge < -0.3 is 9.47 Å². The van der Waals surface area contributed by atoms with Crippen LogP contribution >= 0.6 is 0 Å². The summed E-state index contributed by atoms with van der Waals surface area (Å²) >= 11 is 0. The Bertz CT molecular complexity index is 341. The van der Waals surface area contributed by atoms with Gasteiger partial charge in [0.15, 0.2) is 6.29 Å².